The van der Waals surface area contributed by atoms with Crippen LogP contribution in [-0.2, 0) is 6.42 Å². The Balaban J connectivity index is 2.40. The molecule has 1 aliphatic carbocycles. The van der Waals surface area contributed by atoms with Crippen LogP contribution in [0, 0.1) is 0 Å². The van der Waals surface area contributed by atoms with Gasteiger partial charge in [-0.3, -0.25) is 0 Å². The molecule has 70 valence electrons. The van der Waals surface area contributed by atoms with Crippen LogP contribution >= 0.6 is 0 Å². The van der Waals surface area contributed by atoms with Crippen LogP contribution in [0.3, 0.4) is 0 Å². The molecule has 0 saturated carbocycles. The third-order valence-corrected chi connectivity index (χ3v) is 2.79. The van der Waals surface area contributed by atoms with Crippen molar-refractivity contribution in [2.45, 2.75) is 18.5 Å². The van der Waals surface area contributed by atoms with Crippen LogP contribution in [0.15, 0.2) is 24.3 Å². The number of nitrogens with zero attached hydrogens (tertiary/aromatic N) is 1. The first-order valence-corrected chi connectivity index (χ1v) is 4.70. The van der Waals surface area contributed by atoms with E-state index < -0.39 is 0 Å². The fourth-order valence-corrected chi connectivity index (χ4v) is 2.27. The summed E-state index contributed by atoms with van der Waals surface area (Å²) in [5.41, 5.74) is 8.90. The van der Waals surface area contributed by atoms with Gasteiger partial charge in [0.1, 0.15) is 0 Å². The highest BCUT2D eigenvalue weighted by Crippen LogP contribution is 2.32. The van der Waals surface area contributed by atoms with Gasteiger partial charge in [0.15, 0.2) is 0 Å². The molecule has 0 fully saturated rings. The molecule has 2 N–H and O–H groups in total. The molecule has 0 saturated heterocycles. The molecule has 0 amide bonds. The summed E-state index contributed by atoms with van der Waals surface area (Å²) in [5, 5.41) is 0. The van der Waals surface area contributed by atoms with Gasteiger partial charge in [0.25, 0.3) is 0 Å². The maximum Gasteiger partial charge on any atom is 0.0499 e. The van der Waals surface area contributed by atoms with E-state index in [1.54, 1.807) is 0 Å². The SMILES string of the molecule is CN(C)C1c2ccccc2C[C@H]1N. The number of benzene rings is 1. The molecule has 0 aliphatic heterocycles. The molecule has 2 rings (SSSR count). The molecule has 2 nitrogen and oxygen atoms in total. The van der Waals surface area contributed by atoms with Crippen molar-refractivity contribution in [3.05, 3.63) is 35.4 Å². The summed E-state index contributed by atoms with van der Waals surface area (Å²) in [4.78, 5) is 2.20. The molecule has 0 aromatic heterocycles. The molecule has 1 aliphatic rings. The Morgan fingerprint density at radius 3 is 2.69 bits per heavy atom. The van der Waals surface area contributed by atoms with Crippen LogP contribution in [0.5, 0.6) is 0 Å². The number of likely N-dealkylation sites (N-methyl/N-ethyl adjacent to an activating group) is 1. The van der Waals surface area contributed by atoms with Gasteiger partial charge >= 0.3 is 0 Å². The van der Waals surface area contributed by atoms with Crippen LogP contribution in [0.2, 0.25) is 0 Å². The van der Waals surface area contributed by atoms with Gasteiger partial charge in [-0.1, -0.05) is 24.3 Å². The van der Waals surface area contributed by atoms with Crippen molar-refractivity contribution in [2.75, 3.05) is 14.1 Å². The number of nitrogens with two attached hydrogens (primary N) is 1. The highest BCUT2D eigenvalue weighted by Gasteiger charge is 2.30. The first-order valence-electron chi connectivity index (χ1n) is 4.70. The number of fused-ring (bicyclic) bond motifs is 1. The second kappa shape index (κ2) is 3.13. The molecule has 2 heteroatoms. The van der Waals surface area contributed by atoms with Crippen molar-refractivity contribution >= 4 is 0 Å². The zero-order valence-electron chi connectivity index (χ0n) is 8.20. The Kier molecular flexibility index (Phi) is 2.10. The molecule has 0 heterocycles. The molecule has 13 heavy (non-hydrogen) atoms. The lowest BCUT2D eigenvalue weighted by atomic mass is 10.1. The third kappa shape index (κ3) is 1.36. The van der Waals surface area contributed by atoms with E-state index in [9.17, 15) is 0 Å². The van der Waals surface area contributed by atoms with Crippen molar-refractivity contribution in [3.8, 4) is 0 Å². The molecule has 1 aromatic rings. The lowest BCUT2D eigenvalue weighted by molar-refractivity contribution is 0.273. The molecule has 0 bridgehead atoms. The maximum absolute atomic E-state index is 6.09. The Labute approximate surface area is 79.4 Å². The molecule has 1 unspecified atom stereocenters. The highest BCUT2D eigenvalue weighted by atomic mass is 15.1. The molecular weight excluding hydrogens is 160 g/mol. The second-order valence-corrected chi connectivity index (χ2v) is 3.98. The lowest BCUT2D eigenvalue weighted by Gasteiger charge is -2.24. The number of hydrogen-bond acceptors (Lipinski definition) is 2. The summed E-state index contributed by atoms with van der Waals surface area (Å²) in [6.45, 7) is 0. The van der Waals surface area contributed by atoms with Crippen LogP contribution in [0.1, 0.15) is 17.2 Å². The Bertz CT molecular complexity index is 307. The zero-order valence-corrected chi connectivity index (χ0v) is 8.20. The predicted octanol–water partition coefficient (Wildman–Crippen LogP) is 1.17. The van der Waals surface area contributed by atoms with E-state index >= 15 is 0 Å². The van der Waals surface area contributed by atoms with Crippen molar-refractivity contribution in [1.82, 2.24) is 4.90 Å². The zero-order chi connectivity index (χ0) is 9.42. The highest BCUT2D eigenvalue weighted by molar-refractivity contribution is 5.36. The van der Waals surface area contributed by atoms with Gasteiger partial charge in [-0.15, -0.1) is 0 Å². The van der Waals surface area contributed by atoms with E-state index in [4.69, 9.17) is 5.73 Å². The van der Waals surface area contributed by atoms with Crippen LogP contribution in [-0.4, -0.2) is 25.0 Å². The van der Waals surface area contributed by atoms with Crippen molar-refractivity contribution in [3.63, 3.8) is 0 Å². The van der Waals surface area contributed by atoms with Gasteiger partial charge in [-0.05, 0) is 31.6 Å². The number of rotatable bonds is 1. The summed E-state index contributed by atoms with van der Waals surface area (Å²) < 4.78 is 0. The van der Waals surface area contributed by atoms with E-state index in [1.807, 2.05) is 0 Å². The average Bonchev–Trinajstić information content (AvgIpc) is 2.39. The van der Waals surface area contributed by atoms with Crippen LogP contribution in [0.4, 0.5) is 0 Å². The molecule has 2 atom stereocenters. The molecule has 0 radical (unpaired) electrons. The molecular formula is C11H16N2. The van der Waals surface area contributed by atoms with Gasteiger partial charge < -0.3 is 10.6 Å². The Hall–Kier alpha value is -0.860. The van der Waals surface area contributed by atoms with Gasteiger partial charge in [0.05, 0.1) is 0 Å². The summed E-state index contributed by atoms with van der Waals surface area (Å²) >= 11 is 0. The summed E-state index contributed by atoms with van der Waals surface area (Å²) in [5.74, 6) is 0. The minimum atomic E-state index is 0.257. The van der Waals surface area contributed by atoms with Crippen molar-refractivity contribution in [2.24, 2.45) is 5.73 Å². The normalized spacial score (nSPS) is 26.5. The summed E-state index contributed by atoms with van der Waals surface area (Å²) in [6, 6.07) is 9.20. The van der Waals surface area contributed by atoms with Crippen molar-refractivity contribution in [1.29, 1.82) is 0 Å². The predicted molar refractivity (Wildman–Crippen MR) is 54.5 cm³/mol. The van der Waals surface area contributed by atoms with E-state index in [1.165, 1.54) is 11.1 Å². The van der Waals surface area contributed by atoms with Gasteiger partial charge in [-0.25, -0.2) is 0 Å². The number of hydrogen-bond donors (Lipinski definition) is 1. The fraction of sp³-hybridized carbons (Fsp3) is 0.455. The molecule has 0 spiro atoms. The fourth-order valence-electron chi connectivity index (χ4n) is 2.27. The van der Waals surface area contributed by atoms with Gasteiger partial charge in [-0.2, -0.15) is 0 Å². The lowest BCUT2D eigenvalue weighted by Crippen LogP contribution is -2.34. The Morgan fingerprint density at radius 1 is 1.31 bits per heavy atom. The standard InChI is InChI=1S/C11H16N2/c1-13(2)11-9-6-4-3-5-8(9)7-10(11)12/h3-6,10-11H,7,12H2,1-2H3/t10-,11?/m1/s1. The van der Waals surface area contributed by atoms with Crippen molar-refractivity contribution < 1.29 is 0 Å². The van der Waals surface area contributed by atoms with E-state index in [0.29, 0.717) is 6.04 Å². The first-order chi connectivity index (χ1) is 6.20. The molecule has 1 aromatic carbocycles. The first kappa shape index (κ1) is 8.73. The maximum atomic E-state index is 6.09. The minimum absolute atomic E-state index is 0.257. The van der Waals surface area contributed by atoms with Crippen LogP contribution < -0.4 is 5.73 Å². The summed E-state index contributed by atoms with van der Waals surface area (Å²) in [6.07, 6.45) is 1.01. The Morgan fingerprint density at radius 2 is 2.00 bits per heavy atom. The van der Waals surface area contributed by atoms with E-state index in [0.717, 1.165) is 6.42 Å². The summed E-state index contributed by atoms with van der Waals surface area (Å²) in [7, 11) is 4.18. The van der Waals surface area contributed by atoms with Gasteiger partial charge in [0.2, 0.25) is 0 Å². The topological polar surface area (TPSA) is 29.3 Å². The average molecular weight is 176 g/mol. The van der Waals surface area contributed by atoms with E-state index in [-0.39, 0.29) is 6.04 Å². The monoisotopic (exact) mass is 176 g/mol. The third-order valence-electron chi connectivity index (χ3n) is 2.79. The van der Waals surface area contributed by atoms with Gasteiger partial charge in [0, 0.05) is 12.1 Å². The second-order valence-electron chi connectivity index (χ2n) is 3.98. The quantitative estimate of drug-likeness (QED) is 0.696. The minimum Gasteiger partial charge on any atom is -0.326 e. The van der Waals surface area contributed by atoms with E-state index in [2.05, 4.69) is 43.3 Å². The smallest absolute Gasteiger partial charge is 0.0499 e. The van der Waals surface area contributed by atoms with Crippen LogP contribution in [0.25, 0.3) is 0 Å². The largest absolute Gasteiger partial charge is 0.326 e.